The Labute approximate surface area is 174 Å². The quantitative estimate of drug-likeness (QED) is 0.687. The number of hydrogen-bond acceptors (Lipinski definition) is 7. The molecule has 2 saturated heterocycles. The zero-order chi connectivity index (χ0) is 20.7. The molecule has 4 heterocycles. The SMILES string of the molecule is NC(=O)c1cc(N[C@H]2CCNC2=O)nc(N2CCC3(CC2)OCc2ccccc23)n1. The van der Waals surface area contributed by atoms with E-state index >= 15 is 0 Å². The summed E-state index contributed by atoms with van der Waals surface area (Å²) in [4.78, 5) is 34.7. The standard InChI is InChI=1S/C21H24N6O3/c22-18(28)16-11-17(24-15-5-8-23-19(15)29)26-20(25-16)27-9-6-21(7-10-27)14-4-2-1-3-13(14)12-30-21/h1-4,11,15H,5-10,12H2,(H2,22,28)(H,23,29)(H,24,25,26)/t15-/m0/s1. The van der Waals surface area contributed by atoms with E-state index in [1.54, 1.807) is 0 Å². The lowest BCUT2D eigenvalue weighted by Gasteiger charge is -2.39. The van der Waals surface area contributed by atoms with Crippen LogP contribution in [0.2, 0.25) is 0 Å². The van der Waals surface area contributed by atoms with Crippen molar-refractivity contribution >= 4 is 23.6 Å². The molecule has 0 saturated carbocycles. The second-order valence-electron chi connectivity index (χ2n) is 8.01. The number of hydrogen-bond donors (Lipinski definition) is 3. The minimum atomic E-state index is -0.626. The Balaban J connectivity index is 1.37. The van der Waals surface area contributed by atoms with Gasteiger partial charge in [0.05, 0.1) is 12.2 Å². The highest BCUT2D eigenvalue weighted by atomic mass is 16.5. The van der Waals surface area contributed by atoms with Gasteiger partial charge in [-0.2, -0.15) is 4.98 Å². The molecule has 1 aromatic carbocycles. The summed E-state index contributed by atoms with van der Waals surface area (Å²) in [6.07, 6.45) is 2.27. The molecule has 9 nitrogen and oxygen atoms in total. The van der Waals surface area contributed by atoms with Crippen LogP contribution >= 0.6 is 0 Å². The first-order valence-corrected chi connectivity index (χ1v) is 10.2. The molecule has 30 heavy (non-hydrogen) atoms. The van der Waals surface area contributed by atoms with Crippen molar-refractivity contribution in [1.82, 2.24) is 15.3 Å². The van der Waals surface area contributed by atoms with Crippen LogP contribution in [0.5, 0.6) is 0 Å². The van der Waals surface area contributed by atoms with Crippen molar-refractivity contribution in [3.63, 3.8) is 0 Å². The van der Waals surface area contributed by atoms with Crippen molar-refractivity contribution < 1.29 is 14.3 Å². The number of fused-ring (bicyclic) bond motifs is 2. The maximum absolute atomic E-state index is 11.9. The van der Waals surface area contributed by atoms with E-state index in [-0.39, 0.29) is 23.2 Å². The fourth-order valence-corrected chi connectivity index (χ4v) is 4.55. The van der Waals surface area contributed by atoms with Gasteiger partial charge in [0.25, 0.3) is 5.91 Å². The van der Waals surface area contributed by atoms with Crippen LogP contribution in [0.15, 0.2) is 30.3 Å². The smallest absolute Gasteiger partial charge is 0.267 e. The molecular weight excluding hydrogens is 384 g/mol. The first-order chi connectivity index (χ1) is 14.5. The van der Waals surface area contributed by atoms with Gasteiger partial charge in [-0.05, 0) is 30.4 Å². The summed E-state index contributed by atoms with van der Waals surface area (Å²) in [5, 5.41) is 5.89. The van der Waals surface area contributed by atoms with Gasteiger partial charge >= 0.3 is 0 Å². The number of anilines is 2. The normalized spacial score (nSPS) is 22.1. The molecule has 0 unspecified atom stereocenters. The van der Waals surface area contributed by atoms with Gasteiger partial charge in [0.2, 0.25) is 11.9 Å². The van der Waals surface area contributed by atoms with Crippen LogP contribution < -0.4 is 21.3 Å². The number of aromatic nitrogens is 2. The minimum Gasteiger partial charge on any atom is -0.365 e. The van der Waals surface area contributed by atoms with Crippen LogP contribution in [0.4, 0.5) is 11.8 Å². The maximum atomic E-state index is 11.9. The fourth-order valence-electron chi connectivity index (χ4n) is 4.55. The van der Waals surface area contributed by atoms with Gasteiger partial charge in [-0.25, -0.2) is 4.98 Å². The number of nitrogens with two attached hydrogens (primary N) is 1. The molecule has 0 radical (unpaired) electrons. The van der Waals surface area contributed by atoms with Gasteiger partial charge in [0.1, 0.15) is 17.6 Å². The third kappa shape index (κ3) is 3.24. The summed E-state index contributed by atoms with van der Waals surface area (Å²) < 4.78 is 6.22. The molecule has 156 valence electrons. The molecule has 1 spiro atoms. The first kappa shape index (κ1) is 18.8. The van der Waals surface area contributed by atoms with E-state index in [4.69, 9.17) is 10.5 Å². The van der Waals surface area contributed by atoms with Crippen molar-refractivity contribution in [3.8, 4) is 0 Å². The van der Waals surface area contributed by atoms with Gasteiger partial charge in [-0.3, -0.25) is 9.59 Å². The van der Waals surface area contributed by atoms with E-state index < -0.39 is 5.91 Å². The Morgan fingerprint density at radius 1 is 1.27 bits per heavy atom. The Morgan fingerprint density at radius 2 is 2.07 bits per heavy atom. The monoisotopic (exact) mass is 408 g/mol. The van der Waals surface area contributed by atoms with Crippen molar-refractivity contribution in [2.75, 3.05) is 29.9 Å². The van der Waals surface area contributed by atoms with Gasteiger partial charge in [-0.15, -0.1) is 0 Å². The second-order valence-corrected chi connectivity index (χ2v) is 8.01. The number of rotatable bonds is 4. The number of ether oxygens (including phenoxy) is 1. The molecule has 1 atom stereocenters. The topological polar surface area (TPSA) is 122 Å². The molecule has 0 bridgehead atoms. The van der Waals surface area contributed by atoms with Crippen LogP contribution in [-0.2, 0) is 21.7 Å². The summed E-state index contributed by atoms with van der Waals surface area (Å²) >= 11 is 0. The Hall–Kier alpha value is -3.20. The third-order valence-corrected chi connectivity index (χ3v) is 6.20. The summed E-state index contributed by atoms with van der Waals surface area (Å²) in [6.45, 7) is 2.65. The lowest BCUT2D eigenvalue weighted by Crippen LogP contribution is -2.43. The lowest BCUT2D eigenvalue weighted by atomic mass is 9.84. The molecule has 3 aliphatic rings. The summed E-state index contributed by atoms with van der Waals surface area (Å²) in [7, 11) is 0. The number of benzene rings is 1. The zero-order valence-corrected chi connectivity index (χ0v) is 16.6. The molecule has 5 rings (SSSR count). The summed E-state index contributed by atoms with van der Waals surface area (Å²) in [5.41, 5.74) is 7.87. The minimum absolute atomic E-state index is 0.0762. The highest BCUT2D eigenvalue weighted by Gasteiger charge is 2.42. The molecule has 4 N–H and O–H groups in total. The van der Waals surface area contributed by atoms with Crippen LogP contribution in [0.1, 0.15) is 40.9 Å². The van der Waals surface area contributed by atoms with Gasteiger partial charge < -0.3 is 26.0 Å². The zero-order valence-electron chi connectivity index (χ0n) is 16.6. The van der Waals surface area contributed by atoms with E-state index in [1.165, 1.54) is 17.2 Å². The maximum Gasteiger partial charge on any atom is 0.267 e. The average molecular weight is 408 g/mol. The highest BCUT2D eigenvalue weighted by Crippen LogP contribution is 2.44. The Morgan fingerprint density at radius 3 is 2.80 bits per heavy atom. The van der Waals surface area contributed by atoms with Crippen LogP contribution in [-0.4, -0.2) is 47.5 Å². The molecule has 3 aliphatic heterocycles. The van der Waals surface area contributed by atoms with Gasteiger partial charge in [0, 0.05) is 25.7 Å². The fraction of sp³-hybridized carbons (Fsp3) is 0.429. The largest absolute Gasteiger partial charge is 0.365 e. The lowest BCUT2D eigenvalue weighted by molar-refractivity contribution is -0.119. The van der Waals surface area contributed by atoms with Crippen molar-refractivity contribution in [3.05, 3.63) is 47.2 Å². The molecule has 2 fully saturated rings. The molecular formula is C21H24N6O3. The molecule has 2 aromatic rings. The number of primary amides is 1. The van der Waals surface area contributed by atoms with E-state index in [0.29, 0.717) is 44.4 Å². The highest BCUT2D eigenvalue weighted by molar-refractivity contribution is 5.92. The molecule has 2 amide bonds. The van der Waals surface area contributed by atoms with E-state index in [9.17, 15) is 9.59 Å². The number of nitrogens with zero attached hydrogens (tertiary/aromatic N) is 3. The van der Waals surface area contributed by atoms with Crippen LogP contribution in [0.25, 0.3) is 0 Å². The number of nitrogens with one attached hydrogen (secondary N) is 2. The van der Waals surface area contributed by atoms with Crippen molar-refractivity contribution in [2.45, 2.75) is 37.5 Å². The van der Waals surface area contributed by atoms with E-state index in [0.717, 1.165) is 12.8 Å². The van der Waals surface area contributed by atoms with E-state index in [1.807, 2.05) is 11.0 Å². The van der Waals surface area contributed by atoms with Crippen LogP contribution in [0.3, 0.4) is 0 Å². The van der Waals surface area contributed by atoms with Crippen molar-refractivity contribution in [1.29, 1.82) is 0 Å². The Kier molecular flexibility index (Phi) is 4.54. The second kappa shape index (κ2) is 7.24. The number of carbonyl (C=O) groups excluding carboxylic acids is 2. The molecule has 9 heteroatoms. The first-order valence-electron chi connectivity index (χ1n) is 10.2. The number of piperidine rings is 1. The summed E-state index contributed by atoms with van der Waals surface area (Å²) in [5.74, 6) is 0.166. The van der Waals surface area contributed by atoms with Crippen LogP contribution in [0, 0.1) is 0 Å². The number of amides is 2. The van der Waals surface area contributed by atoms with E-state index in [2.05, 4.69) is 38.8 Å². The van der Waals surface area contributed by atoms with Gasteiger partial charge in [-0.1, -0.05) is 24.3 Å². The average Bonchev–Trinajstić information content (AvgIpc) is 3.32. The predicted octanol–water partition coefficient (Wildman–Crippen LogP) is 0.902. The summed E-state index contributed by atoms with van der Waals surface area (Å²) in [6, 6.07) is 9.49. The molecule has 1 aromatic heterocycles. The molecule has 0 aliphatic carbocycles. The Bertz CT molecular complexity index is 1000. The number of carbonyl (C=O) groups is 2. The van der Waals surface area contributed by atoms with Crippen molar-refractivity contribution in [2.24, 2.45) is 5.73 Å². The predicted molar refractivity (Wildman–Crippen MR) is 110 cm³/mol. The van der Waals surface area contributed by atoms with Gasteiger partial charge in [0.15, 0.2) is 0 Å². The third-order valence-electron chi connectivity index (χ3n) is 6.20.